The molecular weight excluding hydrogens is 330 g/mol. The Morgan fingerprint density at radius 1 is 1.29 bits per heavy atom. The van der Waals surface area contributed by atoms with Crippen molar-refractivity contribution in [3.63, 3.8) is 0 Å². The molecule has 1 amide bonds. The minimum Gasteiger partial charge on any atom is -0.493 e. The van der Waals surface area contributed by atoms with E-state index in [0.717, 1.165) is 5.56 Å². The van der Waals surface area contributed by atoms with E-state index in [4.69, 9.17) is 21.1 Å². The SMILES string of the molecule is CCN(Cc1ccc(OC)c(OC)c1)C(=O)c1c(C)nn(C)c1Cl. The Morgan fingerprint density at radius 3 is 2.46 bits per heavy atom. The Balaban J connectivity index is 2.27. The Hall–Kier alpha value is -2.21. The summed E-state index contributed by atoms with van der Waals surface area (Å²) in [5.41, 5.74) is 2.01. The summed E-state index contributed by atoms with van der Waals surface area (Å²) < 4.78 is 12.1. The molecule has 0 saturated carbocycles. The molecule has 1 aromatic heterocycles. The van der Waals surface area contributed by atoms with E-state index in [1.54, 1.807) is 33.1 Å². The van der Waals surface area contributed by atoms with Gasteiger partial charge in [-0.25, -0.2) is 0 Å². The molecule has 0 spiro atoms. The second kappa shape index (κ2) is 7.57. The van der Waals surface area contributed by atoms with Crippen molar-refractivity contribution in [2.75, 3.05) is 20.8 Å². The van der Waals surface area contributed by atoms with Crippen LogP contribution in [0, 0.1) is 6.92 Å². The lowest BCUT2D eigenvalue weighted by Crippen LogP contribution is -2.30. The number of nitrogens with zero attached hydrogens (tertiary/aromatic N) is 3. The van der Waals surface area contributed by atoms with E-state index in [1.165, 1.54) is 4.68 Å². The first-order valence-corrected chi connectivity index (χ1v) is 7.99. The Bertz CT molecular complexity index is 743. The van der Waals surface area contributed by atoms with Crippen LogP contribution in [-0.2, 0) is 13.6 Å². The lowest BCUT2D eigenvalue weighted by atomic mass is 10.1. The van der Waals surface area contributed by atoms with Crippen LogP contribution < -0.4 is 9.47 Å². The van der Waals surface area contributed by atoms with Crippen molar-refractivity contribution < 1.29 is 14.3 Å². The smallest absolute Gasteiger partial charge is 0.259 e. The molecule has 1 heterocycles. The predicted octanol–water partition coefficient (Wildman–Crippen LogP) is 3.06. The van der Waals surface area contributed by atoms with Crippen LogP contribution in [0.1, 0.15) is 28.5 Å². The number of aryl methyl sites for hydroxylation is 2. The first-order chi connectivity index (χ1) is 11.4. The van der Waals surface area contributed by atoms with E-state index in [-0.39, 0.29) is 5.91 Å². The van der Waals surface area contributed by atoms with Gasteiger partial charge >= 0.3 is 0 Å². The monoisotopic (exact) mass is 351 g/mol. The van der Waals surface area contributed by atoms with E-state index in [1.807, 2.05) is 25.1 Å². The fourth-order valence-corrected chi connectivity index (χ4v) is 2.81. The number of aromatic nitrogens is 2. The van der Waals surface area contributed by atoms with Crippen LogP contribution in [0.15, 0.2) is 18.2 Å². The van der Waals surface area contributed by atoms with Gasteiger partial charge in [0.1, 0.15) is 5.15 Å². The number of hydrogen-bond acceptors (Lipinski definition) is 4. The third-order valence-corrected chi connectivity index (χ3v) is 4.29. The largest absolute Gasteiger partial charge is 0.493 e. The molecule has 0 unspecified atom stereocenters. The fourth-order valence-electron chi connectivity index (χ4n) is 2.56. The van der Waals surface area contributed by atoms with Crippen LogP contribution in [0.4, 0.5) is 0 Å². The highest BCUT2D eigenvalue weighted by Crippen LogP contribution is 2.28. The zero-order chi connectivity index (χ0) is 17.9. The van der Waals surface area contributed by atoms with Crippen molar-refractivity contribution in [2.24, 2.45) is 7.05 Å². The number of rotatable bonds is 6. The maximum atomic E-state index is 12.8. The number of methoxy groups -OCH3 is 2. The van der Waals surface area contributed by atoms with E-state index in [9.17, 15) is 4.79 Å². The molecule has 6 nitrogen and oxygen atoms in total. The molecule has 130 valence electrons. The first-order valence-electron chi connectivity index (χ1n) is 7.62. The van der Waals surface area contributed by atoms with Crippen molar-refractivity contribution in [2.45, 2.75) is 20.4 Å². The maximum absolute atomic E-state index is 12.8. The molecule has 0 radical (unpaired) electrons. The van der Waals surface area contributed by atoms with Crippen LogP contribution in [0.2, 0.25) is 5.15 Å². The number of hydrogen-bond donors (Lipinski definition) is 0. The van der Waals surface area contributed by atoms with Gasteiger partial charge in [0, 0.05) is 20.1 Å². The molecule has 0 aliphatic heterocycles. The average Bonchev–Trinajstić information content (AvgIpc) is 2.84. The standard InChI is InChI=1S/C17H22ClN3O3/c1-6-21(17(22)15-11(2)19-20(3)16(15)18)10-12-7-8-13(23-4)14(9-12)24-5/h7-9H,6,10H2,1-5H3. The summed E-state index contributed by atoms with van der Waals surface area (Å²) in [4.78, 5) is 14.6. The van der Waals surface area contributed by atoms with Gasteiger partial charge in [0.05, 0.1) is 25.5 Å². The minimum atomic E-state index is -0.136. The minimum absolute atomic E-state index is 0.136. The van der Waals surface area contributed by atoms with Gasteiger partial charge in [0.25, 0.3) is 5.91 Å². The molecule has 0 fully saturated rings. The van der Waals surface area contributed by atoms with Gasteiger partial charge in [-0.15, -0.1) is 0 Å². The van der Waals surface area contributed by atoms with Crippen LogP contribution in [-0.4, -0.2) is 41.4 Å². The van der Waals surface area contributed by atoms with E-state index in [2.05, 4.69) is 5.10 Å². The summed E-state index contributed by atoms with van der Waals surface area (Å²) in [5, 5.41) is 4.56. The molecule has 2 aromatic rings. The third-order valence-electron chi connectivity index (χ3n) is 3.86. The summed E-state index contributed by atoms with van der Waals surface area (Å²) in [6.07, 6.45) is 0. The van der Waals surface area contributed by atoms with Crippen LogP contribution in [0.5, 0.6) is 11.5 Å². The lowest BCUT2D eigenvalue weighted by molar-refractivity contribution is 0.0752. The van der Waals surface area contributed by atoms with Crippen molar-refractivity contribution in [1.82, 2.24) is 14.7 Å². The molecule has 0 aliphatic carbocycles. The zero-order valence-corrected chi connectivity index (χ0v) is 15.3. The highest BCUT2D eigenvalue weighted by molar-refractivity contribution is 6.33. The highest BCUT2D eigenvalue weighted by Gasteiger charge is 2.23. The van der Waals surface area contributed by atoms with Gasteiger partial charge in [-0.3, -0.25) is 9.48 Å². The van der Waals surface area contributed by atoms with Gasteiger partial charge < -0.3 is 14.4 Å². The molecule has 0 aliphatic rings. The molecule has 7 heteroatoms. The summed E-state index contributed by atoms with van der Waals surface area (Å²) in [6, 6.07) is 5.61. The molecule has 24 heavy (non-hydrogen) atoms. The number of halogens is 1. The van der Waals surface area contributed by atoms with Crippen molar-refractivity contribution >= 4 is 17.5 Å². The number of amides is 1. The topological polar surface area (TPSA) is 56.6 Å². The van der Waals surface area contributed by atoms with Gasteiger partial charge in [-0.2, -0.15) is 5.10 Å². The number of ether oxygens (including phenoxy) is 2. The molecule has 0 saturated heterocycles. The lowest BCUT2D eigenvalue weighted by Gasteiger charge is -2.21. The molecule has 2 rings (SSSR count). The first kappa shape index (κ1) is 18.1. The Kier molecular flexibility index (Phi) is 5.72. The van der Waals surface area contributed by atoms with Gasteiger partial charge in [0.2, 0.25) is 0 Å². The quantitative estimate of drug-likeness (QED) is 0.802. The van der Waals surface area contributed by atoms with Gasteiger partial charge in [-0.1, -0.05) is 17.7 Å². The normalized spacial score (nSPS) is 10.6. The van der Waals surface area contributed by atoms with Crippen LogP contribution in [0.3, 0.4) is 0 Å². The molecule has 0 bridgehead atoms. The second-order valence-electron chi connectivity index (χ2n) is 5.38. The molecule has 1 aromatic carbocycles. The van der Waals surface area contributed by atoms with Crippen molar-refractivity contribution in [3.05, 3.63) is 40.2 Å². The van der Waals surface area contributed by atoms with Crippen LogP contribution in [0.25, 0.3) is 0 Å². The average molecular weight is 352 g/mol. The van der Waals surface area contributed by atoms with Crippen LogP contribution >= 0.6 is 11.6 Å². The van der Waals surface area contributed by atoms with E-state index >= 15 is 0 Å². The molecule has 0 atom stereocenters. The zero-order valence-electron chi connectivity index (χ0n) is 14.6. The third kappa shape index (κ3) is 3.48. The molecular formula is C17H22ClN3O3. The Morgan fingerprint density at radius 2 is 1.96 bits per heavy atom. The van der Waals surface area contributed by atoms with Gasteiger partial charge in [-0.05, 0) is 31.5 Å². The van der Waals surface area contributed by atoms with E-state index < -0.39 is 0 Å². The predicted molar refractivity (Wildman–Crippen MR) is 92.9 cm³/mol. The number of carbonyl (C=O) groups is 1. The Labute approximate surface area is 146 Å². The second-order valence-corrected chi connectivity index (χ2v) is 5.74. The summed E-state index contributed by atoms with van der Waals surface area (Å²) in [6.45, 7) is 4.71. The van der Waals surface area contributed by atoms with Gasteiger partial charge in [0.15, 0.2) is 11.5 Å². The summed E-state index contributed by atoms with van der Waals surface area (Å²) >= 11 is 6.22. The number of benzene rings is 1. The van der Waals surface area contributed by atoms with E-state index in [0.29, 0.717) is 41.0 Å². The van der Waals surface area contributed by atoms with Crippen molar-refractivity contribution in [1.29, 1.82) is 0 Å². The number of carbonyl (C=O) groups excluding carboxylic acids is 1. The summed E-state index contributed by atoms with van der Waals surface area (Å²) in [5.74, 6) is 1.15. The highest BCUT2D eigenvalue weighted by atomic mass is 35.5. The summed E-state index contributed by atoms with van der Waals surface area (Å²) in [7, 11) is 4.90. The van der Waals surface area contributed by atoms with Crippen molar-refractivity contribution in [3.8, 4) is 11.5 Å². The maximum Gasteiger partial charge on any atom is 0.259 e. The molecule has 0 N–H and O–H groups in total. The fraction of sp³-hybridized carbons (Fsp3) is 0.412.